The standard InChI is InChI=1S/C18H15BrF3N5O2/c1-9-6-15(26-29-9)24-17(28)13-8-16-23-12(10-2-4-11(19)5-3-10)7-14(18(20,21)22)27(16)25-13/h2-6,8,12,14,23H,7H2,1H3,(H,24,26,28). The van der Waals surface area contributed by atoms with Crippen molar-refractivity contribution >= 4 is 33.5 Å². The topological polar surface area (TPSA) is 85.0 Å². The number of halogens is 4. The van der Waals surface area contributed by atoms with Crippen LogP contribution in [0.2, 0.25) is 0 Å². The van der Waals surface area contributed by atoms with Crippen LogP contribution < -0.4 is 10.6 Å². The Morgan fingerprint density at radius 3 is 2.66 bits per heavy atom. The van der Waals surface area contributed by atoms with Gasteiger partial charge in [-0.3, -0.25) is 4.79 Å². The Morgan fingerprint density at radius 2 is 2.03 bits per heavy atom. The summed E-state index contributed by atoms with van der Waals surface area (Å²) in [5, 5.41) is 13.0. The zero-order valence-electron chi connectivity index (χ0n) is 15.0. The Bertz CT molecular complexity index is 1040. The van der Waals surface area contributed by atoms with Gasteiger partial charge in [-0.2, -0.15) is 18.3 Å². The summed E-state index contributed by atoms with van der Waals surface area (Å²) in [6.07, 6.45) is -4.77. The van der Waals surface area contributed by atoms with Crippen LogP contribution in [0.3, 0.4) is 0 Å². The number of carbonyl (C=O) groups excluding carboxylic acids is 1. The third-order valence-corrected chi connectivity index (χ3v) is 5.09. The number of nitrogens with zero attached hydrogens (tertiary/aromatic N) is 3. The molecule has 1 aliphatic rings. The number of aromatic nitrogens is 3. The van der Waals surface area contributed by atoms with Gasteiger partial charge in [0, 0.05) is 23.0 Å². The highest BCUT2D eigenvalue weighted by atomic mass is 79.9. The molecule has 1 amide bonds. The number of rotatable bonds is 3. The third kappa shape index (κ3) is 4.00. The molecule has 2 atom stereocenters. The summed E-state index contributed by atoms with van der Waals surface area (Å²) in [5.74, 6) is 0.0863. The molecule has 0 saturated heterocycles. The molecule has 1 aliphatic heterocycles. The highest BCUT2D eigenvalue weighted by molar-refractivity contribution is 9.10. The van der Waals surface area contributed by atoms with Crippen molar-refractivity contribution in [2.75, 3.05) is 10.6 Å². The maximum absolute atomic E-state index is 13.7. The van der Waals surface area contributed by atoms with E-state index in [-0.39, 0.29) is 23.8 Å². The van der Waals surface area contributed by atoms with E-state index in [1.807, 2.05) is 0 Å². The van der Waals surface area contributed by atoms with E-state index in [4.69, 9.17) is 4.52 Å². The summed E-state index contributed by atoms with van der Waals surface area (Å²) in [5.41, 5.74) is 0.554. The van der Waals surface area contributed by atoms with Crippen molar-refractivity contribution in [1.82, 2.24) is 14.9 Å². The van der Waals surface area contributed by atoms with Gasteiger partial charge in [-0.15, -0.1) is 0 Å². The van der Waals surface area contributed by atoms with E-state index in [1.54, 1.807) is 31.2 Å². The lowest BCUT2D eigenvalue weighted by molar-refractivity contribution is -0.173. The molecule has 2 aromatic heterocycles. The van der Waals surface area contributed by atoms with Crippen molar-refractivity contribution in [1.29, 1.82) is 0 Å². The number of nitrogens with one attached hydrogen (secondary N) is 2. The van der Waals surface area contributed by atoms with E-state index in [9.17, 15) is 18.0 Å². The van der Waals surface area contributed by atoms with Crippen LogP contribution in [0.1, 0.15) is 40.3 Å². The van der Waals surface area contributed by atoms with Gasteiger partial charge in [0.25, 0.3) is 5.91 Å². The Hall–Kier alpha value is -2.82. The molecule has 0 saturated carbocycles. The van der Waals surface area contributed by atoms with E-state index in [1.165, 1.54) is 12.1 Å². The van der Waals surface area contributed by atoms with Gasteiger partial charge in [-0.25, -0.2) is 4.68 Å². The van der Waals surface area contributed by atoms with Crippen LogP contribution in [0.5, 0.6) is 0 Å². The van der Waals surface area contributed by atoms with Crippen molar-refractivity contribution in [3.63, 3.8) is 0 Å². The van der Waals surface area contributed by atoms with Crippen LogP contribution >= 0.6 is 15.9 Å². The van der Waals surface area contributed by atoms with Crippen LogP contribution in [0.4, 0.5) is 24.8 Å². The maximum atomic E-state index is 13.7. The number of fused-ring (bicyclic) bond motifs is 1. The summed E-state index contributed by atoms with van der Waals surface area (Å²) < 4.78 is 47.7. The summed E-state index contributed by atoms with van der Waals surface area (Å²) in [4.78, 5) is 12.4. The van der Waals surface area contributed by atoms with Gasteiger partial charge < -0.3 is 15.2 Å². The van der Waals surface area contributed by atoms with Gasteiger partial charge in [0.1, 0.15) is 11.6 Å². The Balaban J connectivity index is 1.64. The molecule has 3 aromatic rings. The first kappa shape index (κ1) is 19.5. The van der Waals surface area contributed by atoms with Gasteiger partial charge >= 0.3 is 6.18 Å². The first-order chi connectivity index (χ1) is 13.7. The van der Waals surface area contributed by atoms with Gasteiger partial charge in [0.05, 0.1) is 6.04 Å². The molecule has 152 valence electrons. The summed E-state index contributed by atoms with van der Waals surface area (Å²) in [6.45, 7) is 1.65. The predicted molar refractivity (Wildman–Crippen MR) is 102 cm³/mol. The molecule has 0 bridgehead atoms. The zero-order valence-corrected chi connectivity index (χ0v) is 16.6. The van der Waals surface area contributed by atoms with E-state index in [2.05, 4.69) is 36.8 Å². The lowest BCUT2D eigenvalue weighted by atomic mass is 9.97. The Labute approximate surface area is 171 Å². The van der Waals surface area contributed by atoms with Crippen molar-refractivity contribution in [2.24, 2.45) is 0 Å². The van der Waals surface area contributed by atoms with Crippen molar-refractivity contribution in [3.05, 3.63) is 57.9 Å². The Kier molecular flexibility index (Phi) is 4.85. The lowest BCUT2D eigenvalue weighted by Crippen LogP contribution is -2.35. The highest BCUT2D eigenvalue weighted by Gasteiger charge is 2.46. The summed E-state index contributed by atoms with van der Waals surface area (Å²) >= 11 is 3.32. The number of hydrogen-bond acceptors (Lipinski definition) is 5. The fraction of sp³-hybridized carbons (Fsp3) is 0.278. The largest absolute Gasteiger partial charge is 0.410 e. The van der Waals surface area contributed by atoms with Crippen LogP contribution in [-0.4, -0.2) is 27.0 Å². The van der Waals surface area contributed by atoms with E-state index >= 15 is 0 Å². The molecule has 0 aliphatic carbocycles. The first-order valence-electron chi connectivity index (χ1n) is 8.63. The second kappa shape index (κ2) is 7.21. The van der Waals surface area contributed by atoms with Crippen molar-refractivity contribution in [2.45, 2.75) is 31.6 Å². The van der Waals surface area contributed by atoms with Gasteiger partial charge in [0.15, 0.2) is 17.6 Å². The summed E-state index contributed by atoms with van der Waals surface area (Å²) in [6, 6.07) is 7.40. The second-order valence-electron chi connectivity index (χ2n) is 6.68. The van der Waals surface area contributed by atoms with Crippen molar-refractivity contribution < 1.29 is 22.5 Å². The van der Waals surface area contributed by atoms with Crippen LogP contribution in [0.25, 0.3) is 0 Å². The molecule has 2 N–H and O–H groups in total. The number of amides is 1. The van der Waals surface area contributed by atoms with E-state index < -0.39 is 24.2 Å². The molecular weight excluding hydrogens is 455 g/mol. The minimum absolute atomic E-state index is 0.118. The Morgan fingerprint density at radius 1 is 1.31 bits per heavy atom. The van der Waals surface area contributed by atoms with Crippen LogP contribution in [-0.2, 0) is 0 Å². The molecule has 29 heavy (non-hydrogen) atoms. The number of aryl methyl sites for hydroxylation is 1. The molecule has 0 spiro atoms. The van der Waals surface area contributed by atoms with E-state index in [0.717, 1.165) is 9.15 Å². The number of alkyl halides is 3. The monoisotopic (exact) mass is 469 g/mol. The van der Waals surface area contributed by atoms with Crippen LogP contribution in [0, 0.1) is 6.92 Å². The summed E-state index contributed by atoms with van der Waals surface area (Å²) in [7, 11) is 0. The average Bonchev–Trinajstić information content (AvgIpc) is 3.26. The zero-order chi connectivity index (χ0) is 20.8. The smallest absolute Gasteiger partial charge is 0.363 e. The predicted octanol–water partition coefficient (Wildman–Crippen LogP) is 4.85. The fourth-order valence-corrected chi connectivity index (χ4v) is 3.47. The lowest BCUT2D eigenvalue weighted by Gasteiger charge is -2.33. The molecule has 1 aromatic carbocycles. The molecular formula is C18H15BrF3N5O2. The second-order valence-corrected chi connectivity index (χ2v) is 7.59. The molecule has 11 heteroatoms. The van der Waals surface area contributed by atoms with Gasteiger partial charge in [-0.05, 0) is 24.6 Å². The number of benzene rings is 1. The molecule has 0 radical (unpaired) electrons. The number of carbonyl (C=O) groups is 1. The molecule has 3 heterocycles. The minimum Gasteiger partial charge on any atom is -0.363 e. The number of hydrogen-bond donors (Lipinski definition) is 2. The number of anilines is 2. The minimum atomic E-state index is -4.52. The quantitative estimate of drug-likeness (QED) is 0.572. The van der Waals surface area contributed by atoms with Gasteiger partial charge in [-0.1, -0.05) is 33.2 Å². The molecule has 7 nitrogen and oxygen atoms in total. The van der Waals surface area contributed by atoms with Crippen molar-refractivity contribution in [3.8, 4) is 0 Å². The normalized spacial score (nSPS) is 18.8. The van der Waals surface area contributed by atoms with Gasteiger partial charge in [0.2, 0.25) is 0 Å². The average molecular weight is 470 g/mol. The van der Waals surface area contributed by atoms with E-state index in [0.29, 0.717) is 11.3 Å². The first-order valence-corrected chi connectivity index (χ1v) is 9.43. The highest BCUT2D eigenvalue weighted by Crippen LogP contribution is 2.43. The molecule has 2 unspecified atom stereocenters. The third-order valence-electron chi connectivity index (χ3n) is 4.56. The molecule has 0 fully saturated rings. The maximum Gasteiger partial charge on any atom is 0.410 e. The molecule has 4 rings (SSSR count). The SMILES string of the molecule is Cc1cc(NC(=O)c2cc3n(n2)C(C(F)(F)F)CC(c2ccc(Br)cc2)N3)no1. The fourth-order valence-electron chi connectivity index (χ4n) is 3.20. The van der Waals surface area contributed by atoms with Crippen LogP contribution in [0.15, 0.2) is 45.4 Å².